The molecular formula is C28H47FN2. The van der Waals surface area contributed by atoms with Crippen LogP contribution in [0.25, 0.3) is 11.1 Å². The summed E-state index contributed by atoms with van der Waals surface area (Å²) in [5, 5.41) is 0. The molecule has 2 atom stereocenters. The summed E-state index contributed by atoms with van der Waals surface area (Å²) in [5.74, 6) is -0.107. The van der Waals surface area contributed by atoms with Crippen molar-refractivity contribution in [2.24, 2.45) is 5.73 Å². The van der Waals surface area contributed by atoms with Crippen molar-refractivity contribution < 1.29 is 4.39 Å². The van der Waals surface area contributed by atoms with Gasteiger partial charge < -0.3 is 10.6 Å². The molecule has 2 aromatic carbocycles. The van der Waals surface area contributed by atoms with Crippen molar-refractivity contribution in [3.63, 3.8) is 0 Å². The van der Waals surface area contributed by atoms with E-state index >= 15 is 0 Å². The summed E-state index contributed by atoms with van der Waals surface area (Å²) in [6.45, 7) is 15.4. The van der Waals surface area contributed by atoms with Gasteiger partial charge in [0.05, 0.1) is 0 Å². The molecule has 2 nitrogen and oxygen atoms in total. The number of hydrogen-bond acceptors (Lipinski definition) is 2. The Labute approximate surface area is 192 Å². The van der Waals surface area contributed by atoms with Crippen LogP contribution in [0, 0.1) is 12.7 Å². The monoisotopic (exact) mass is 430 g/mol. The first kappa shape index (κ1) is 29.3. The largest absolute Gasteiger partial charge is 0.326 e. The second-order valence-corrected chi connectivity index (χ2v) is 7.65. The minimum atomic E-state index is -0.107. The Morgan fingerprint density at radius 2 is 1.52 bits per heavy atom. The molecule has 0 bridgehead atoms. The number of nitrogens with two attached hydrogens (primary N) is 1. The molecule has 0 radical (unpaired) electrons. The van der Waals surface area contributed by atoms with Crippen molar-refractivity contribution in [3.05, 3.63) is 59.4 Å². The molecule has 31 heavy (non-hydrogen) atoms. The summed E-state index contributed by atoms with van der Waals surface area (Å²) in [7, 11) is 2.07. The number of likely N-dealkylation sites (tertiary alicyclic amines) is 1. The van der Waals surface area contributed by atoms with Crippen molar-refractivity contribution in [1.29, 1.82) is 0 Å². The Kier molecular flexibility index (Phi) is 16.0. The van der Waals surface area contributed by atoms with Gasteiger partial charge in [-0.15, -0.1) is 0 Å². The van der Waals surface area contributed by atoms with Gasteiger partial charge in [-0.05, 0) is 50.0 Å². The lowest BCUT2D eigenvalue weighted by Gasteiger charge is -2.23. The van der Waals surface area contributed by atoms with E-state index in [2.05, 4.69) is 25.8 Å². The lowest BCUT2D eigenvalue weighted by Crippen LogP contribution is -2.39. The number of nitrogens with zero attached hydrogens (tertiary/aromatic N) is 1. The van der Waals surface area contributed by atoms with E-state index in [0.29, 0.717) is 12.0 Å². The van der Waals surface area contributed by atoms with Crippen LogP contribution in [0.1, 0.15) is 78.4 Å². The number of benzene rings is 2. The van der Waals surface area contributed by atoms with Gasteiger partial charge in [0.1, 0.15) is 5.82 Å². The summed E-state index contributed by atoms with van der Waals surface area (Å²) in [6, 6.07) is 14.0. The maximum Gasteiger partial charge on any atom is 0.134 e. The van der Waals surface area contributed by atoms with Crippen molar-refractivity contribution in [1.82, 2.24) is 4.90 Å². The number of rotatable bonds is 5. The molecule has 0 spiro atoms. The quantitative estimate of drug-likeness (QED) is 0.528. The first-order valence-corrected chi connectivity index (χ1v) is 12.3. The van der Waals surface area contributed by atoms with E-state index in [0.717, 1.165) is 29.7 Å². The maximum atomic E-state index is 15.0. The van der Waals surface area contributed by atoms with E-state index in [-0.39, 0.29) is 17.9 Å². The zero-order chi connectivity index (χ0) is 23.8. The fraction of sp³-hybridized carbons (Fsp3) is 0.571. The molecule has 2 N–H and O–H groups in total. The lowest BCUT2D eigenvalue weighted by molar-refractivity contribution is 0.294. The average molecular weight is 431 g/mol. The zero-order valence-electron chi connectivity index (χ0n) is 21.3. The molecule has 0 amide bonds. The summed E-state index contributed by atoms with van der Waals surface area (Å²) in [4.78, 5) is 2.24. The highest BCUT2D eigenvalue weighted by Gasteiger charge is 2.29. The molecule has 176 valence electrons. The molecule has 0 aromatic heterocycles. The molecule has 0 saturated carbocycles. The third-order valence-electron chi connectivity index (χ3n) is 5.53. The van der Waals surface area contributed by atoms with Crippen LogP contribution in [-0.2, 0) is 6.42 Å². The van der Waals surface area contributed by atoms with Crippen LogP contribution >= 0.6 is 0 Å². The molecule has 1 fully saturated rings. The van der Waals surface area contributed by atoms with Gasteiger partial charge in [-0.1, -0.05) is 103 Å². The van der Waals surface area contributed by atoms with Gasteiger partial charge in [0.2, 0.25) is 0 Å². The van der Waals surface area contributed by atoms with Crippen LogP contribution in [0.2, 0.25) is 0 Å². The molecule has 3 rings (SSSR count). The van der Waals surface area contributed by atoms with Crippen molar-refractivity contribution in [2.75, 3.05) is 13.6 Å². The summed E-state index contributed by atoms with van der Waals surface area (Å²) in [6.07, 6.45) is 5.73. The van der Waals surface area contributed by atoms with E-state index < -0.39 is 0 Å². The Morgan fingerprint density at radius 1 is 0.935 bits per heavy atom. The first-order chi connectivity index (χ1) is 15.0. The molecule has 1 heterocycles. The average Bonchev–Trinajstić information content (AvgIpc) is 3.11. The van der Waals surface area contributed by atoms with Gasteiger partial charge >= 0.3 is 0 Å². The van der Waals surface area contributed by atoms with Crippen molar-refractivity contribution in [2.45, 2.75) is 92.7 Å². The van der Waals surface area contributed by atoms with Crippen molar-refractivity contribution in [3.8, 4) is 11.1 Å². The molecule has 1 aliphatic heterocycles. The van der Waals surface area contributed by atoms with E-state index in [9.17, 15) is 4.39 Å². The minimum Gasteiger partial charge on any atom is -0.326 e. The van der Waals surface area contributed by atoms with E-state index in [1.54, 1.807) is 0 Å². The van der Waals surface area contributed by atoms with Crippen LogP contribution in [0.15, 0.2) is 42.5 Å². The number of hydrogen-bond donors (Lipinski definition) is 1. The molecule has 2 unspecified atom stereocenters. The van der Waals surface area contributed by atoms with E-state index in [1.807, 2.05) is 77.1 Å². The second kappa shape index (κ2) is 16.9. The molecule has 1 saturated heterocycles. The Hall–Kier alpha value is -1.71. The number of unbranched alkanes of at least 4 members (excludes halogenated alkanes) is 2. The van der Waals surface area contributed by atoms with Crippen LogP contribution in [0.3, 0.4) is 0 Å². The summed E-state index contributed by atoms with van der Waals surface area (Å²) < 4.78 is 15.0. The van der Waals surface area contributed by atoms with E-state index in [4.69, 9.17) is 5.73 Å². The highest BCUT2D eigenvalue weighted by molar-refractivity contribution is 5.68. The smallest absolute Gasteiger partial charge is 0.134 e. The normalized spacial score (nSPS) is 17.5. The SMILES string of the molecule is CC.CC.CCCCC.Cc1ccccc1-c1cccc(CC2C(N)CCN2C)c1F. The van der Waals surface area contributed by atoms with E-state index in [1.165, 1.54) is 19.3 Å². The zero-order valence-corrected chi connectivity index (χ0v) is 21.3. The highest BCUT2D eigenvalue weighted by Crippen LogP contribution is 2.29. The Bertz CT molecular complexity index is 702. The van der Waals surface area contributed by atoms with Gasteiger partial charge in [-0.3, -0.25) is 0 Å². The maximum absolute atomic E-state index is 15.0. The first-order valence-electron chi connectivity index (χ1n) is 12.3. The molecule has 0 aliphatic carbocycles. The van der Waals surface area contributed by atoms with Crippen molar-refractivity contribution >= 4 is 0 Å². The minimum absolute atomic E-state index is 0.107. The Morgan fingerprint density at radius 3 is 2.00 bits per heavy atom. The predicted molar refractivity (Wildman–Crippen MR) is 137 cm³/mol. The van der Waals surface area contributed by atoms with Gasteiger partial charge in [-0.2, -0.15) is 0 Å². The standard InChI is InChI=1S/C19H23FN2.C5H12.2C2H6/c1-13-6-3-4-8-15(13)16-9-5-7-14(19(16)20)12-18-17(21)10-11-22(18)2;1-3-5-4-2;2*1-2/h3-9,17-18H,10-12,21H2,1-2H3;3-5H2,1-2H3;2*1-2H3. The second-order valence-electron chi connectivity index (χ2n) is 7.65. The van der Waals surface area contributed by atoms with Gasteiger partial charge in [0.25, 0.3) is 0 Å². The third kappa shape index (κ3) is 9.13. The molecule has 1 aliphatic rings. The predicted octanol–water partition coefficient (Wildman–Crippen LogP) is 7.62. The number of likely N-dealkylation sites (N-methyl/N-ethyl adjacent to an activating group) is 1. The lowest BCUT2D eigenvalue weighted by atomic mass is 9.94. The summed E-state index contributed by atoms with van der Waals surface area (Å²) in [5.41, 5.74) is 9.68. The number of aryl methyl sites for hydroxylation is 1. The summed E-state index contributed by atoms with van der Waals surface area (Å²) >= 11 is 0. The fourth-order valence-electron chi connectivity index (χ4n) is 3.74. The van der Waals surface area contributed by atoms with Gasteiger partial charge in [-0.25, -0.2) is 4.39 Å². The molecule has 3 heteroatoms. The van der Waals surface area contributed by atoms with Crippen LogP contribution in [-0.4, -0.2) is 30.6 Å². The topological polar surface area (TPSA) is 29.3 Å². The van der Waals surface area contributed by atoms with Gasteiger partial charge in [0.15, 0.2) is 0 Å². The van der Waals surface area contributed by atoms with Crippen LogP contribution in [0.4, 0.5) is 4.39 Å². The molecular weight excluding hydrogens is 383 g/mol. The van der Waals surface area contributed by atoms with Crippen LogP contribution < -0.4 is 5.73 Å². The van der Waals surface area contributed by atoms with Crippen LogP contribution in [0.5, 0.6) is 0 Å². The third-order valence-corrected chi connectivity index (χ3v) is 5.53. The fourth-order valence-corrected chi connectivity index (χ4v) is 3.74. The number of halogens is 1. The highest BCUT2D eigenvalue weighted by atomic mass is 19.1. The Balaban J connectivity index is 0.000000867. The molecule has 2 aromatic rings. The van der Waals surface area contributed by atoms with Gasteiger partial charge in [0, 0.05) is 17.6 Å².